The van der Waals surface area contributed by atoms with E-state index in [9.17, 15) is 0 Å². The average Bonchev–Trinajstić information content (AvgIpc) is 3.20. The summed E-state index contributed by atoms with van der Waals surface area (Å²) in [7, 11) is 0. The third-order valence-electron chi connectivity index (χ3n) is 3.60. The molecule has 126 valence electrons. The van der Waals surface area contributed by atoms with Gasteiger partial charge in [-0.3, -0.25) is 9.67 Å². The molecule has 0 aliphatic carbocycles. The lowest BCUT2D eigenvalue weighted by Crippen LogP contribution is -2.38. The van der Waals surface area contributed by atoms with Gasteiger partial charge in [0.25, 0.3) is 0 Å². The summed E-state index contributed by atoms with van der Waals surface area (Å²) in [6, 6.07) is 2.18. The average molecular weight is 334 g/mol. The molecule has 0 aliphatic rings. The van der Waals surface area contributed by atoms with Gasteiger partial charge < -0.3 is 10.6 Å². The molecule has 1 atom stereocenters. The van der Waals surface area contributed by atoms with Gasteiger partial charge in [0.1, 0.15) is 0 Å². The SMILES string of the molecule is CCNC(=NCC(C)c1ccsc1)NCCCn1cc(C)cn1. The van der Waals surface area contributed by atoms with Crippen molar-refractivity contribution in [3.63, 3.8) is 0 Å². The molecule has 2 aromatic heterocycles. The van der Waals surface area contributed by atoms with Crippen molar-refractivity contribution < 1.29 is 0 Å². The van der Waals surface area contributed by atoms with E-state index >= 15 is 0 Å². The van der Waals surface area contributed by atoms with E-state index in [0.29, 0.717) is 5.92 Å². The van der Waals surface area contributed by atoms with E-state index in [-0.39, 0.29) is 0 Å². The Kier molecular flexibility index (Phi) is 7.13. The smallest absolute Gasteiger partial charge is 0.191 e. The van der Waals surface area contributed by atoms with Crippen LogP contribution in [0.25, 0.3) is 0 Å². The molecule has 0 spiro atoms. The van der Waals surface area contributed by atoms with Gasteiger partial charge in [0.05, 0.1) is 6.20 Å². The molecule has 5 nitrogen and oxygen atoms in total. The van der Waals surface area contributed by atoms with Crippen LogP contribution in [0.5, 0.6) is 0 Å². The van der Waals surface area contributed by atoms with Crippen molar-refractivity contribution in [1.82, 2.24) is 20.4 Å². The van der Waals surface area contributed by atoms with Gasteiger partial charge >= 0.3 is 0 Å². The van der Waals surface area contributed by atoms with Gasteiger partial charge in [0.15, 0.2) is 5.96 Å². The molecule has 1 unspecified atom stereocenters. The van der Waals surface area contributed by atoms with Crippen molar-refractivity contribution in [1.29, 1.82) is 0 Å². The van der Waals surface area contributed by atoms with Crippen LogP contribution in [0.15, 0.2) is 34.2 Å². The Hall–Kier alpha value is -1.82. The standard InChI is InChI=1S/C17H27N5S/c1-4-18-17(20-11-15(3)16-6-9-23-13-16)19-7-5-8-22-12-14(2)10-21-22/h6,9-10,12-13,15H,4-5,7-8,11H2,1-3H3,(H2,18,19,20). The first-order chi connectivity index (χ1) is 11.2. The maximum Gasteiger partial charge on any atom is 0.191 e. The predicted molar refractivity (Wildman–Crippen MR) is 98.3 cm³/mol. The summed E-state index contributed by atoms with van der Waals surface area (Å²) in [5, 5.41) is 15.3. The number of thiophene rings is 1. The lowest BCUT2D eigenvalue weighted by atomic mass is 10.1. The molecule has 2 N–H and O–H groups in total. The third-order valence-corrected chi connectivity index (χ3v) is 4.30. The van der Waals surface area contributed by atoms with Crippen LogP contribution in [0.2, 0.25) is 0 Å². The molecule has 0 aliphatic heterocycles. The minimum absolute atomic E-state index is 0.448. The molecule has 0 amide bonds. The predicted octanol–water partition coefficient (Wildman–Crippen LogP) is 3.00. The van der Waals surface area contributed by atoms with E-state index in [1.165, 1.54) is 11.1 Å². The first-order valence-electron chi connectivity index (χ1n) is 8.22. The van der Waals surface area contributed by atoms with E-state index in [4.69, 9.17) is 4.99 Å². The van der Waals surface area contributed by atoms with Gasteiger partial charge in [0.2, 0.25) is 0 Å². The van der Waals surface area contributed by atoms with Gasteiger partial charge in [-0.05, 0) is 48.2 Å². The van der Waals surface area contributed by atoms with Gasteiger partial charge in [-0.25, -0.2) is 0 Å². The fourth-order valence-corrected chi connectivity index (χ4v) is 3.05. The van der Waals surface area contributed by atoms with Gasteiger partial charge in [0, 0.05) is 38.3 Å². The highest BCUT2D eigenvalue weighted by atomic mass is 32.1. The Morgan fingerprint density at radius 3 is 2.96 bits per heavy atom. The molecular formula is C17H27N5S. The lowest BCUT2D eigenvalue weighted by molar-refractivity contribution is 0.569. The summed E-state index contributed by atoms with van der Waals surface area (Å²) in [5.74, 6) is 1.34. The Morgan fingerprint density at radius 1 is 1.43 bits per heavy atom. The van der Waals surface area contributed by atoms with E-state index in [1.807, 2.05) is 10.9 Å². The van der Waals surface area contributed by atoms with Crippen molar-refractivity contribution in [2.24, 2.45) is 4.99 Å². The fraction of sp³-hybridized carbons (Fsp3) is 0.529. The Morgan fingerprint density at radius 2 is 2.30 bits per heavy atom. The zero-order chi connectivity index (χ0) is 16.5. The van der Waals surface area contributed by atoms with Crippen LogP contribution < -0.4 is 10.6 Å². The number of guanidine groups is 1. The van der Waals surface area contributed by atoms with Crippen molar-refractivity contribution in [2.45, 2.75) is 39.7 Å². The van der Waals surface area contributed by atoms with Crippen LogP contribution in [-0.2, 0) is 6.54 Å². The van der Waals surface area contributed by atoms with Crippen molar-refractivity contribution in [3.8, 4) is 0 Å². The molecule has 0 saturated carbocycles. The highest BCUT2D eigenvalue weighted by Crippen LogP contribution is 2.18. The van der Waals surface area contributed by atoms with Gasteiger partial charge in [-0.2, -0.15) is 16.4 Å². The zero-order valence-electron chi connectivity index (χ0n) is 14.2. The summed E-state index contributed by atoms with van der Waals surface area (Å²) in [5.41, 5.74) is 2.57. The number of hydrogen-bond acceptors (Lipinski definition) is 3. The number of aromatic nitrogens is 2. The van der Waals surface area contributed by atoms with Crippen LogP contribution >= 0.6 is 11.3 Å². The molecule has 0 fully saturated rings. The maximum atomic E-state index is 4.69. The van der Waals surface area contributed by atoms with E-state index in [2.05, 4.69) is 59.5 Å². The fourth-order valence-electron chi connectivity index (χ4n) is 2.27. The Labute approximate surface area is 142 Å². The number of nitrogens with one attached hydrogen (secondary N) is 2. The van der Waals surface area contributed by atoms with Crippen LogP contribution in [0, 0.1) is 6.92 Å². The zero-order valence-corrected chi connectivity index (χ0v) is 15.1. The topological polar surface area (TPSA) is 54.2 Å². The largest absolute Gasteiger partial charge is 0.357 e. The van der Waals surface area contributed by atoms with Gasteiger partial charge in [-0.1, -0.05) is 6.92 Å². The van der Waals surface area contributed by atoms with Gasteiger partial charge in [-0.15, -0.1) is 0 Å². The Balaban J connectivity index is 1.75. The van der Waals surface area contributed by atoms with Crippen LogP contribution in [0.3, 0.4) is 0 Å². The van der Waals surface area contributed by atoms with Crippen LogP contribution in [-0.4, -0.2) is 35.4 Å². The second kappa shape index (κ2) is 9.35. The maximum absolute atomic E-state index is 4.69. The first-order valence-corrected chi connectivity index (χ1v) is 9.16. The minimum Gasteiger partial charge on any atom is -0.357 e. The number of aryl methyl sites for hydroxylation is 2. The monoisotopic (exact) mass is 333 g/mol. The summed E-state index contributed by atoms with van der Waals surface area (Å²) >= 11 is 1.74. The molecule has 0 radical (unpaired) electrons. The second-order valence-electron chi connectivity index (χ2n) is 5.74. The third kappa shape index (κ3) is 6.06. The minimum atomic E-state index is 0.448. The second-order valence-corrected chi connectivity index (χ2v) is 6.52. The normalized spacial score (nSPS) is 13.1. The van der Waals surface area contributed by atoms with Crippen molar-refractivity contribution in [3.05, 3.63) is 40.3 Å². The molecule has 2 aromatic rings. The molecule has 23 heavy (non-hydrogen) atoms. The molecule has 6 heteroatoms. The van der Waals surface area contributed by atoms with E-state index < -0.39 is 0 Å². The molecule has 0 bridgehead atoms. The molecule has 0 aromatic carbocycles. The van der Waals surface area contributed by atoms with E-state index in [0.717, 1.165) is 38.6 Å². The van der Waals surface area contributed by atoms with Crippen molar-refractivity contribution in [2.75, 3.05) is 19.6 Å². The first kappa shape index (κ1) is 17.5. The molecule has 2 heterocycles. The molecule has 2 rings (SSSR count). The summed E-state index contributed by atoms with van der Waals surface area (Å²) in [6.07, 6.45) is 4.98. The molecular weight excluding hydrogens is 306 g/mol. The van der Waals surface area contributed by atoms with E-state index in [1.54, 1.807) is 11.3 Å². The highest BCUT2D eigenvalue weighted by Gasteiger charge is 2.05. The Bertz CT molecular complexity index is 588. The summed E-state index contributed by atoms with van der Waals surface area (Å²) in [6.45, 7) is 9.85. The lowest BCUT2D eigenvalue weighted by Gasteiger charge is -2.13. The number of aliphatic imine (C=N–C) groups is 1. The number of hydrogen-bond donors (Lipinski definition) is 2. The number of nitrogens with zero attached hydrogens (tertiary/aromatic N) is 3. The summed E-state index contributed by atoms with van der Waals surface area (Å²) < 4.78 is 1.99. The quantitative estimate of drug-likeness (QED) is 0.443. The molecule has 0 saturated heterocycles. The summed E-state index contributed by atoms with van der Waals surface area (Å²) in [4.78, 5) is 4.69. The highest BCUT2D eigenvalue weighted by molar-refractivity contribution is 7.07. The van der Waals surface area contributed by atoms with Crippen LogP contribution in [0.4, 0.5) is 0 Å². The number of rotatable bonds is 8. The van der Waals surface area contributed by atoms with Crippen LogP contribution in [0.1, 0.15) is 37.3 Å². The van der Waals surface area contributed by atoms with Crippen molar-refractivity contribution >= 4 is 17.3 Å².